The Kier molecular flexibility index (Phi) is 5.16. The van der Waals surface area contributed by atoms with Gasteiger partial charge in [-0.05, 0) is 54.4 Å². The fourth-order valence-corrected chi connectivity index (χ4v) is 3.13. The van der Waals surface area contributed by atoms with Crippen LogP contribution in [-0.4, -0.2) is 17.7 Å². The first-order chi connectivity index (χ1) is 14.0. The highest BCUT2D eigenvalue weighted by Crippen LogP contribution is 2.39. The number of para-hydroxylation sites is 1. The Hall–Kier alpha value is -3.41. The molecule has 4 nitrogen and oxygen atoms in total. The van der Waals surface area contributed by atoms with Gasteiger partial charge in [0, 0.05) is 11.5 Å². The molecule has 0 saturated heterocycles. The van der Waals surface area contributed by atoms with E-state index in [1.165, 1.54) is 30.3 Å². The van der Waals surface area contributed by atoms with E-state index in [1.54, 1.807) is 18.2 Å². The Morgan fingerprint density at radius 2 is 1.76 bits per heavy atom. The topological polar surface area (TPSA) is 55.8 Å². The van der Waals surface area contributed by atoms with Gasteiger partial charge in [0.2, 0.25) is 0 Å². The monoisotopic (exact) mass is 396 g/mol. The second-order valence-corrected chi connectivity index (χ2v) is 6.95. The molecule has 1 fully saturated rings. The number of aliphatic carboxylic acids is 1. The number of carbonyl (C=O) groups is 1. The molecule has 1 saturated carbocycles. The predicted molar refractivity (Wildman–Crippen MR) is 103 cm³/mol. The van der Waals surface area contributed by atoms with Crippen LogP contribution in [0.5, 0.6) is 17.2 Å². The first-order valence-electron chi connectivity index (χ1n) is 9.19. The Morgan fingerprint density at radius 1 is 0.966 bits per heavy atom. The molecular weight excluding hydrogens is 378 g/mol. The normalized spacial score (nSPS) is 17.6. The van der Waals surface area contributed by atoms with Gasteiger partial charge < -0.3 is 14.6 Å². The summed E-state index contributed by atoms with van der Waals surface area (Å²) in [5.41, 5.74) is 0.553. The molecule has 1 aliphatic carbocycles. The molecule has 1 N–H and O–H groups in total. The lowest BCUT2D eigenvalue weighted by molar-refractivity contribution is -0.138. The van der Waals surface area contributed by atoms with Gasteiger partial charge in [-0.25, -0.2) is 8.78 Å². The number of halogens is 2. The number of carboxylic acids is 1. The Labute approximate surface area is 166 Å². The van der Waals surface area contributed by atoms with Crippen molar-refractivity contribution in [3.05, 3.63) is 78.4 Å². The van der Waals surface area contributed by atoms with E-state index in [4.69, 9.17) is 14.6 Å². The molecule has 3 aromatic rings. The number of benzene rings is 3. The standard InChI is InChI=1S/C23H18F2O4/c24-20-8-7-17(29-16-4-2-1-3-5-16)12-18(20)14-6-9-22(21(25)11-14)28-13-15-10-19(15)23(26)27/h1-9,11-12,15,19H,10,13H2,(H,26,27)/t15-,19+/m1/s1. The summed E-state index contributed by atoms with van der Waals surface area (Å²) in [6.45, 7) is 0.141. The van der Waals surface area contributed by atoms with Crippen LogP contribution < -0.4 is 9.47 Å². The predicted octanol–water partition coefficient (Wildman–Crippen LogP) is 5.52. The summed E-state index contributed by atoms with van der Waals surface area (Å²) in [7, 11) is 0. The molecule has 29 heavy (non-hydrogen) atoms. The van der Waals surface area contributed by atoms with Gasteiger partial charge in [0.05, 0.1) is 12.5 Å². The van der Waals surface area contributed by atoms with Crippen LogP contribution >= 0.6 is 0 Å². The summed E-state index contributed by atoms with van der Waals surface area (Å²) in [4.78, 5) is 10.9. The van der Waals surface area contributed by atoms with E-state index in [-0.39, 0.29) is 23.8 Å². The van der Waals surface area contributed by atoms with Gasteiger partial charge in [0.25, 0.3) is 0 Å². The van der Waals surface area contributed by atoms with Crippen molar-refractivity contribution >= 4 is 5.97 Å². The second-order valence-electron chi connectivity index (χ2n) is 6.95. The molecule has 0 aromatic heterocycles. The van der Waals surface area contributed by atoms with Crippen molar-refractivity contribution in [2.24, 2.45) is 11.8 Å². The third-order valence-corrected chi connectivity index (χ3v) is 4.85. The van der Waals surface area contributed by atoms with Crippen LogP contribution in [0.2, 0.25) is 0 Å². The minimum atomic E-state index is -0.859. The summed E-state index contributed by atoms with van der Waals surface area (Å²) >= 11 is 0. The lowest BCUT2D eigenvalue weighted by atomic mass is 10.0. The molecular formula is C23H18F2O4. The van der Waals surface area contributed by atoms with Gasteiger partial charge in [-0.15, -0.1) is 0 Å². The fourth-order valence-electron chi connectivity index (χ4n) is 3.13. The first-order valence-corrected chi connectivity index (χ1v) is 9.19. The van der Waals surface area contributed by atoms with Crippen LogP contribution in [0.15, 0.2) is 66.7 Å². The lowest BCUT2D eigenvalue weighted by Crippen LogP contribution is -2.07. The minimum absolute atomic E-state index is 0.0156. The minimum Gasteiger partial charge on any atom is -0.490 e. The smallest absolute Gasteiger partial charge is 0.306 e. The van der Waals surface area contributed by atoms with Crippen LogP contribution in [0.3, 0.4) is 0 Å². The van der Waals surface area contributed by atoms with Crippen molar-refractivity contribution in [1.82, 2.24) is 0 Å². The van der Waals surface area contributed by atoms with Gasteiger partial charge in [-0.2, -0.15) is 0 Å². The van der Waals surface area contributed by atoms with Crippen LogP contribution in [0.25, 0.3) is 11.1 Å². The fraction of sp³-hybridized carbons (Fsp3) is 0.174. The lowest BCUT2D eigenvalue weighted by Gasteiger charge is -2.11. The van der Waals surface area contributed by atoms with E-state index in [0.717, 1.165) is 0 Å². The average molecular weight is 396 g/mol. The summed E-state index contributed by atoms with van der Waals surface area (Å²) in [5.74, 6) is -1.45. The SMILES string of the molecule is O=C(O)[C@H]1C[C@@H]1COc1ccc(-c2cc(Oc3ccccc3)ccc2F)cc1F. The Bertz CT molecular complexity index is 1040. The Morgan fingerprint density at radius 3 is 2.45 bits per heavy atom. The molecule has 0 spiro atoms. The summed E-state index contributed by atoms with van der Waals surface area (Å²) in [6, 6.07) is 17.6. The van der Waals surface area contributed by atoms with Gasteiger partial charge in [-0.1, -0.05) is 24.3 Å². The summed E-state index contributed by atoms with van der Waals surface area (Å²) in [6.07, 6.45) is 0.536. The van der Waals surface area contributed by atoms with Crippen molar-refractivity contribution in [2.45, 2.75) is 6.42 Å². The van der Waals surface area contributed by atoms with E-state index in [0.29, 0.717) is 23.5 Å². The molecule has 4 rings (SSSR count). The van der Waals surface area contributed by atoms with E-state index in [9.17, 15) is 13.6 Å². The highest BCUT2D eigenvalue weighted by Gasteiger charge is 2.43. The van der Waals surface area contributed by atoms with E-state index < -0.39 is 23.5 Å². The van der Waals surface area contributed by atoms with Gasteiger partial charge in [0.15, 0.2) is 11.6 Å². The molecule has 0 aliphatic heterocycles. The zero-order chi connectivity index (χ0) is 20.4. The number of ether oxygens (including phenoxy) is 2. The third kappa shape index (κ3) is 4.37. The maximum Gasteiger partial charge on any atom is 0.306 e. The highest BCUT2D eigenvalue weighted by molar-refractivity contribution is 5.73. The van der Waals surface area contributed by atoms with E-state index in [2.05, 4.69) is 0 Å². The van der Waals surface area contributed by atoms with E-state index >= 15 is 0 Å². The van der Waals surface area contributed by atoms with Gasteiger partial charge in [-0.3, -0.25) is 4.79 Å². The van der Waals surface area contributed by atoms with Crippen molar-refractivity contribution in [3.8, 4) is 28.4 Å². The zero-order valence-corrected chi connectivity index (χ0v) is 15.3. The van der Waals surface area contributed by atoms with Crippen LogP contribution in [-0.2, 0) is 4.79 Å². The highest BCUT2D eigenvalue weighted by atomic mass is 19.1. The average Bonchev–Trinajstić information content (AvgIpc) is 3.49. The number of carboxylic acid groups (broad SMARTS) is 1. The molecule has 6 heteroatoms. The molecule has 0 amide bonds. The molecule has 0 unspecified atom stereocenters. The van der Waals surface area contributed by atoms with Crippen molar-refractivity contribution < 1.29 is 28.2 Å². The summed E-state index contributed by atoms with van der Waals surface area (Å²) in [5, 5.41) is 8.90. The molecule has 148 valence electrons. The van der Waals surface area contributed by atoms with Crippen molar-refractivity contribution in [3.63, 3.8) is 0 Å². The first kappa shape index (κ1) is 18.9. The number of rotatable bonds is 7. The molecule has 3 aromatic carbocycles. The van der Waals surface area contributed by atoms with Crippen LogP contribution in [0, 0.1) is 23.5 Å². The molecule has 0 heterocycles. The largest absolute Gasteiger partial charge is 0.490 e. The van der Waals surface area contributed by atoms with Crippen LogP contribution in [0.1, 0.15) is 6.42 Å². The van der Waals surface area contributed by atoms with Crippen LogP contribution in [0.4, 0.5) is 8.78 Å². The molecule has 2 atom stereocenters. The second kappa shape index (κ2) is 7.91. The van der Waals surface area contributed by atoms with Gasteiger partial charge >= 0.3 is 5.97 Å². The molecule has 0 radical (unpaired) electrons. The quantitative estimate of drug-likeness (QED) is 0.571. The maximum atomic E-state index is 14.4. The van der Waals surface area contributed by atoms with Crippen molar-refractivity contribution in [2.75, 3.05) is 6.61 Å². The number of hydrogen-bond donors (Lipinski definition) is 1. The zero-order valence-electron chi connectivity index (χ0n) is 15.3. The molecule has 1 aliphatic rings. The maximum absolute atomic E-state index is 14.4. The number of hydrogen-bond acceptors (Lipinski definition) is 3. The summed E-state index contributed by atoms with van der Waals surface area (Å²) < 4.78 is 39.9. The van der Waals surface area contributed by atoms with Gasteiger partial charge in [0.1, 0.15) is 17.3 Å². The van der Waals surface area contributed by atoms with E-state index in [1.807, 2.05) is 18.2 Å². The molecule has 0 bridgehead atoms. The van der Waals surface area contributed by atoms with Crippen molar-refractivity contribution in [1.29, 1.82) is 0 Å². The Balaban J connectivity index is 1.50. The third-order valence-electron chi connectivity index (χ3n) is 4.85.